The third-order valence-corrected chi connectivity index (χ3v) is 4.90. The molecule has 0 spiro atoms. The molecular formula is C23H18BrN3O2. The van der Waals surface area contributed by atoms with E-state index in [4.69, 9.17) is 4.74 Å². The third-order valence-electron chi connectivity index (χ3n) is 4.41. The number of hydrogen-bond donors (Lipinski definition) is 2. The van der Waals surface area contributed by atoms with Crippen molar-refractivity contribution in [2.45, 2.75) is 6.61 Å². The SMILES string of the molecule is O=C(N/N=C/c1c[nH]c2ccccc12)c1ccccc1OCc1cccc(Br)c1. The van der Waals surface area contributed by atoms with E-state index in [9.17, 15) is 4.79 Å². The Balaban J connectivity index is 1.44. The van der Waals surface area contributed by atoms with Crippen molar-refractivity contribution in [3.05, 3.63) is 100 Å². The zero-order valence-electron chi connectivity index (χ0n) is 15.4. The van der Waals surface area contributed by atoms with Gasteiger partial charge in [0.1, 0.15) is 12.4 Å². The average Bonchev–Trinajstić information content (AvgIpc) is 3.16. The zero-order valence-corrected chi connectivity index (χ0v) is 17.0. The number of nitrogens with one attached hydrogen (secondary N) is 2. The van der Waals surface area contributed by atoms with Gasteiger partial charge in [0.05, 0.1) is 11.8 Å². The smallest absolute Gasteiger partial charge is 0.275 e. The van der Waals surface area contributed by atoms with Crippen LogP contribution in [0.2, 0.25) is 0 Å². The molecule has 4 rings (SSSR count). The van der Waals surface area contributed by atoms with Gasteiger partial charge in [-0.05, 0) is 35.9 Å². The molecule has 0 aliphatic rings. The van der Waals surface area contributed by atoms with E-state index in [1.165, 1.54) is 0 Å². The lowest BCUT2D eigenvalue weighted by molar-refractivity contribution is 0.0950. The molecule has 0 bridgehead atoms. The summed E-state index contributed by atoms with van der Waals surface area (Å²) in [5.74, 6) is 0.179. The number of hydrazone groups is 1. The van der Waals surface area contributed by atoms with Crippen molar-refractivity contribution in [3.8, 4) is 5.75 Å². The van der Waals surface area contributed by atoms with E-state index in [-0.39, 0.29) is 5.91 Å². The van der Waals surface area contributed by atoms with Crippen molar-refractivity contribution in [1.29, 1.82) is 0 Å². The number of amides is 1. The number of benzene rings is 3. The molecular weight excluding hydrogens is 430 g/mol. The van der Waals surface area contributed by atoms with E-state index < -0.39 is 0 Å². The molecule has 0 aliphatic carbocycles. The molecule has 6 heteroatoms. The van der Waals surface area contributed by atoms with Gasteiger partial charge in [0.2, 0.25) is 0 Å². The van der Waals surface area contributed by atoms with Crippen molar-refractivity contribution in [2.24, 2.45) is 5.10 Å². The number of aromatic nitrogens is 1. The van der Waals surface area contributed by atoms with Gasteiger partial charge in [-0.1, -0.05) is 58.4 Å². The number of carbonyl (C=O) groups excluding carboxylic acids is 1. The van der Waals surface area contributed by atoms with Crippen LogP contribution in [-0.4, -0.2) is 17.1 Å². The Morgan fingerprint density at radius 2 is 1.90 bits per heavy atom. The summed E-state index contributed by atoms with van der Waals surface area (Å²) >= 11 is 3.45. The molecule has 0 saturated carbocycles. The lowest BCUT2D eigenvalue weighted by atomic mass is 10.2. The molecule has 5 nitrogen and oxygen atoms in total. The summed E-state index contributed by atoms with van der Waals surface area (Å²) in [6.45, 7) is 0.363. The van der Waals surface area contributed by atoms with Crippen molar-refractivity contribution >= 4 is 39.0 Å². The summed E-state index contributed by atoms with van der Waals surface area (Å²) in [5, 5.41) is 5.15. The monoisotopic (exact) mass is 447 g/mol. The Kier molecular flexibility index (Phi) is 5.72. The van der Waals surface area contributed by atoms with Crippen LogP contribution in [-0.2, 0) is 6.61 Å². The normalized spacial score (nSPS) is 11.1. The predicted octanol–water partition coefficient (Wildman–Crippen LogP) is 5.27. The van der Waals surface area contributed by atoms with Gasteiger partial charge >= 0.3 is 0 Å². The van der Waals surface area contributed by atoms with Gasteiger partial charge in [-0.15, -0.1) is 0 Å². The highest BCUT2D eigenvalue weighted by atomic mass is 79.9. The second-order valence-electron chi connectivity index (χ2n) is 6.40. The maximum absolute atomic E-state index is 12.6. The fourth-order valence-electron chi connectivity index (χ4n) is 2.99. The quantitative estimate of drug-likeness (QED) is 0.312. The minimum atomic E-state index is -0.328. The second-order valence-corrected chi connectivity index (χ2v) is 7.32. The lowest BCUT2D eigenvalue weighted by Crippen LogP contribution is -2.18. The van der Waals surface area contributed by atoms with Gasteiger partial charge in [0.15, 0.2) is 0 Å². The summed E-state index contributed by atoms with van der Waals surface area (Å²) in [7, 11) is 0. The van der Waals surface area contributed by atoms with Crippen LogP contribution < -0.4 is 10.2 Å². The summed E-state index contributed by atoms with van der Waals surface area (Å²) in [6.07, 6.45) is 3.48. The Morgan fingerprint density at radius 1 is 1.07 bits per heavy atom. The molecule has 144 valence electrons. The van der Waals surface area contributed by atoms with Gasteiger partial charge < -0.3 is 9.72 Å². The van der Waals surface area contributed by atoms with Gasteiger partial charge in [-0.2, -0.15) is 5.10 Å². The molecule has 4 aromatic rings. The van der Waals surface area contributed by atoms with Crippen molar-refractivity contribution in [2.75, 3.05) is 0 Å². The minimum absolute atomic E-state index is 0.328. The highest BCUT2D eigenvalue weighted by Crippen LogP contribution is 2.20. The van der Waals surface area contributed by atoms with E-state index in [2.05, 4.69) is 31.4 Å². The Morgan fingerprint density at radius 3 is 2.79 bits per heavy atom. The fraction of sp³-hybridized carbons (Fsp3) is 0.0435. The zero-order chi connectivity index (χ0) is 20.1. The average molecular weight is 448 g/mol. The molecule has 1 heterocycles. The number of aromatic amines is 1. The summed E-state index contributed by atoms with van der Waals surface area (Å²) < 4.78 is 6.85. The fourth-order valence-corrected chi connectivity index (χ4v) is 3.44. The highest BCUT2D eigenvalue weighted by Gasteiger charge is 2.11. The molecule has 2 N–H and O–H groups in total. The number of fused-ring (bicyclic) bond motifs is 1. The second kappa shape index (κ2) is 8.75. The van der Waals surface area contributed by atoms with Gasteiger partial charge in [0, 0.05) is 27.1 Å². The molecule has 0 unspecified atom stereocenters. The number of para-hydroxylation sites is 2. The minimum Gasteiger partial charge on any atom is -0.488 e. The molecule has 3 aromatic carbocycles. The number of nitrogens with zero attached hydrogens (tertiary/aromatic N) is 1. The predicted molar refractivity (Wildman–Crippen MR) is 118 cm³/mol. The van der Waals surface area contributed by atoms with E-state index in [1.54, 1.807) is 24.4 Å². The van der Waals surface area contributed by atoms with Crippen LogP contribution in [0.25, 0.3) is 10.9 Å². The first kappa shape index (κ1) is 19.0. The summed E-state index contributed by atoms with van der Waals surface area (Å²) in [5.41, 5.74) is 5.94. The van der Waals surface area contributed by atoms with E-state index in [0.717, 1.165) is 26.5 Å². The molecule has 0 atom stereocenters. The molecule has 0 aliphatic heterocycles. The topological polar surface area (TPSA) is 66.5 Å². The summed E-state index contributed by atoms with van der Waals surface area (Å²) in [6, 6.07) is 22.9. The van der Waals surface area contributed by atoms with Gasteiger partial charge in [-0.3, -0.25) is 4.79 Å². The van der Waals surface area contributed by atoms with Crippen LogP contribution in [0.5, 0.6) is 5.75 Å². The van der Waals surface area contributed by atoms with Crippen molar-refractivity contribution < 1.29 is 9.53 Å². The first-order valence-electron chi connectivity index (χ1n) is 9.06. The van der Waals surface area contributed by atoms with Crippen molar-refractivity contribution in [3.63, 3.8) is 0 Å². The Labute approximate surface area is 176 Å². The Bertz CT molecular complexity index is 1180. The molecule has 0 saturated heterocycles. The maximum atomic E-state index is 12.6. The van der Waals surface area contributed by atoms with E-state index >= 15 is 0 Å². The Hall–Kier alpha value is -3.38. The molecule has 0 radical (unpaired) electrons. The molecule has 1 amide bonds. The number of rotatable bonds is 6. The lowest BCUT2D eigenvalue weighted by Gasteiger charge is -2.10. The van der Waals surface area contributed by atoms with Crippen molar-refractivity contribution in [1.82, 2.24) is 10.4 Å². The number of ether oxygens (including phenoxy) is 1. The van der Waals surface area contributed by atoms with Gasteiger partial charge in [0.25, 0.3) is 5.91 Å². The van der Waals surface area contributed by atoms with Crippen LogP contribution in [0.1, 0.15) is 21.5 Å². The molecule has 1 aromatic heterocycles. The third kappa shape index (κ3) is 4.55. The van der Waals surface area contributed by atoms with E-state index in [0.29, 0.717) is 17.9 Å². The maximum Gasteiger partial charge on any atom is 0.275 e. The van der Waals surface area contributed by atoms with Crippen LogP contribution >= 0.6 is 15.9 Å². The number of carbonyl (C=O) groups is 1. The first-order valence-corrected chi connectivity index (χ1v) is 9.86. The molecule has 29 heavy (non-hydrogen) atoms. The van der Waals surface area contributed by atoms with Crippen LogP contribution in [0.15, 0.2) is 88.6 Å². The van der Waals surface area contributed by atoms with Crippen LogP contribution in [0.3, 0.4) is 0 Å². The van der Waals surface area contributed by atoms with Gasteiger partial charge in [-0.25, -0.2) is 5.43 Å². The number of halogens is 1. The number of hydrogen-bond acceptors (Lipinski definition) is 3. The first-order chi connectivity index (χ1) is 14.2. The van der Waals surface area contributed by atoms with E-state index in [1.807, 2.05) is 60.8 Å². The largest absolute Gasteiger partial charge is 0.488 e. The highest BCUT2D eigenvalue weighted by molar-refractivity contribution is 9.10. The summed E-state index contributed by atoms with van der Waals surface area (Å²) in [4.78, 5) is 15.8. The van der Waals surface area contributed by atoms with Crippen LogP contribution in [0.4, 0.5) is 0 Å². The van der Waals surface area contributed by atoms with Crippen LogP contribution in [0, 0.1) is 0 Å². The standard InChI is InChI=1S/C23H18BrN3O2/c24-18-7-5-6-16(12-18)15-29-22-11-4-2-9-20(22)23(28)27-26-14-17-13-25-21-10-3-1-8-19(17)21/h1-14,25H,15H2,(H,27,28)/b26-14+. The molecule has 0 fully saturated rings. The number of H-pyrrole nitrogens is 1.